The number of carbonyl (C=O) groups is 1. The van der Waals surface area contributed by atoms with Gasteiger partial charge in [0.1, 0.15) is 22.6 Å². The van der Waals surface area contributed by atoms with E-state index in [4.69, 9.17) is 9.73 Å². The van der Waals surface area contributed by atoms with E-state index in [0.29, 0.717) is 12.4 Å². The van der Waals surface area contributed by atoms with E-state index in [1.807, 2.05) is 60.0 Å². The Morgan fingerprint density at radius 2 is 1.81 bits per heavy atom. The number of aliphatic carboxylic acids is 1. The van der Waals surface area contributed by atoms with Crippen molar-refractivity contribution < 1.29 is 14.6 Å². The third-order valence-electron chi connectivity index (χ3n) is 6.87. The van der Waals surface area contributed by atoms with Crippen molar-refractivity contribution >= 4 is 28.7 Å². The molecular weight excluding hydrogens is 486 g/mol. The van der Waals surface area contributed by atoms with Gasteiger partial charge in [-0.25, -0.2) is 0 Å². The smallest absolute Gasteiger partial charge is 0.308 e. The molecule has 3 heterocycles. The Morgan fingerprint density at radius 3 is 2.46 bits per heavy atom. The Bertz CT molecular complexity index is 1490. The van der Waals surface area contributed by atoms with Gasteiger partial charge in [-0.15, -0.1) is 21.5 Å². The van der Waals surface area contributed by atoms with Gasteiger partial charge in [0, 0.05) is 28.2 Å². The second-order valence-corrected chi connectivity index (χ2v) is 10.4. The molecule has 9 heteroatoms. The fraction of sp³-hybridized carbons (Fsp3) is 0.286. The molecule has 0 fully saturated rings. The molecule has 1 aliphatic heterocycles. The van der Waals surface area contributed by atoms with Gasteiger partial charge in [0.15, 0.2) is 5.82 Å². The second-order valence-electron chi connectivity index (χ2n) is 9.23. The van der Waals surface area contributed by atoms with Crippen LogP contribution in [0.4, 0.5) is 5.69 Å². The lowest BCUT2D eigenvalue weighted by Crippen LogP contribution is -2.21. The quantitative estimate of drug-likeness (QED) is 0.338. The third-order valence-corrected chi connectivity index (χ3v) is 8.06. The number of aryl methyl sites for hydroxylation is 2. The average Bonchev–Trinajstić information content (AvgIpc) is 3.37. The summed E-state index contributed by atoms with van der Waals surface area (Å²) < 4.78 is 7.21. The average molecular weight is 516 g/mol. The molecule has 2 atom stereocenters. The molecule has 4 aromatic rings. The van der Waals surface area contributed by atoms with Crippen LogP contribution in [0.3, 0.4) is 0 Å². The van der Waals surface area contributed by atoms with Gasteiger partial charge in [-0.2, -0.15) is 0 Å². The normalized spacial score (nSPS) is 15.3. The number of benzene rings is 2. The highest BCUT2D eigenvalue weighted by Gasteiger charge is 2.36. The van der Waals surface area contributed by atoms with Crippen molar-refractivity contribution in [1.29, 1.82) is 0 Å². The number of carboxylic acid groups (broad SMARTS) is 1. The first-order chi connectivity index (χ1) is 17.8. The van der Waals surface area contributed by atoms with Crippen molar-refractivity contribution in [2.45, 2.75) is 40.3 Å². The molecule has 1 unspecified atom stereocenters. The number of hydrogen-bond acceptors (Lipinski definition) is 7. The van der Waals surface area contributed by atoms with Crippen molar-refractivity contribution in [3.05, 3.63) is 87.3 Å². The monoisotopic (exact) mass is 515 g/mol. The van der Waals surface area contributed by atoms with Gasteiger partial charge in [-0.3, -0.25) is 14.4 Å². The highest BCUT2D eigenvalue weighted by atomic mass is 32.1. The van der Waals surface area contributed by atoms with Crippen LogP contribution in [0.2, 0.25) is 0 Å². The standard InChI is InChI=1S/C28H29N5O3S/c1-15-17(3)37-27-23(15)25(30-24(16(2)28(34)35)26-32-31-18(4)33(26)27)20-8-10-21(11-9-20)29-14-19-6-12-22(36-5)13-7-19/h6-13,16,24,29H,14H2,1-5H3,(H,34,35)/t16?,24-/m0/s1. The van der Waals surface area contributed by atoms with E-state index in [1.54, 1.807) is 25.4 Å². The van der Waals surface area contributed by atoms with E-state index >= 15 is 0 Å². The molecule has 5 rings (SSSR count). The van der Waals surface area contributed by atoms with Crippen LogP contribution < -0.4 is 10.1 Å². The van der Waals surface area contributed by atoms with Crippen LogP contribution >= 0.6 is 11.3 Å². The molecule has 0 spiro atoms. The molecule has 0 aliphatic carbocycles. The summed E-state index contributed by atoms with van der Waals surface area (Å²) in [5, 5.41) is 22.9. The van der Waals surface area contributed by atoms with E-state index in [1.165, 1.54) is 4.88 Å². The van der Waals surface area contributed by atoms with Crippen molar-refractivity contribution in [3.63, 3.8) is 0 Å². The number of nitrogens with one attached hydrogen (secondary N) is 1. The highest BCUT2D eigenvalue weighted by molar-refractivity contribution is 7.15. The molecule has 190 valence electrons. The molecule has 8 nitrogen and oxygen atoms in total. The number of ether oxygens (including phenoxy) is 1. The maximum absolute atomic E-state index is 12.0. The van der Waals surface area contributed by atoms with Crippen LogP contribution in [0.5, 0.6) is 5.75 Å². The fourth-order valence-corrected chi connectivity index (χ4v) is 5.72. The Hall–Kier alpha value is -3.98. The Balaban J connectivity index is 1.52. The van der Waals surface area contributed by atoms with Gasteiger partial charge in [-0.05, 0) is 63.1 Å². The summed E-state index contributed by atoms with van der Waals surface area (Å²) in [5.74, 6) is 0.422. The zero-order chi connectivity index (χ0) is 26.3. The lowest BCUT2D eigenvalue weighted by molar-refractivity contribution is -0.141. The van der Waals surface area contributed by atoms with Crippen LogP contribution in [0.1, 0.15) is 51.7 Å². The Kier molecular flexibility index (Phi) is 6.55. The molecule has 0 saturated carbocycles. The maximum Gasteiger partial charge on any atom is 0.308 e. The molecule has 2 N–H and O–H groups in total. The summed E-state index contributed by atoms with van der Waals surface area (Å²) in [6.07, 6.45) is 0. The van der Waals surface area contributed by atoms with Gasteiger partial charge in [-0.1, -0.05) is 24.3 Å². The minimum atomic E-state index is -0.920. The third kappa shape index (κ3) is 4.51. The van der Waals surface area contributed by atoms with Gasteiger partial charge in [0.05, 0.1) is 18.7 Å². The number of methoxy groups -OCH3 is 1. The van der Waals surface area contributed by atoms with E-state index < -0.39 is 17.9 Å². The number of anilines is 1. The van der Waals surface area contributed by atoms with E-state index in [0.717, 1.165) is 50.2 Å². The lowest BCUT2D eigenvalue weighted by atomic mass is 9.98. The summed E-state index contributed by atoms with van der Waals surface area (Å²) in [6.45, 7) is 8.43. The van der Waals surface area contributed by atoms with Crippen molar-refractivity contribution in [2.75, 3.05) is 12.4 Å². The molecule has 0 radical (unpaired) electrons. The Labute approximate surface area is 219 Å². The summed E-state index contributed by atoms with van der Waals surface area (Å²) in [4.78, 5) is 18.3. The number of nitrogens with zero attached hydrogens (tertiary/aromatic N) is 4. The van der Waals surface area contributed by atoms with Gasteiger partial charge in [0.2, 0.25) is 0 Å². The van der Waals surface area contributed by atoms with Gasteiger partial charge in [0.25, 0.3) is 0 Å². The van der Waals surface area contributed by atoms with E-state index in [2.05, 4.69) is 29.4 Å². The molecular formula is C28H29N5O3S. The largest absolute Gasteiger partial charge is 0.497 e. The number of aliphatic imine (C=N–C) groups is 1. The number of rotatable bonds is 7. The first kappa shape index (κ1) is 24.7. The van der Waals surface area contributed by atoms with Crippen LogP contribution in [-0.4, -0.2) is 38.7 Å². The minimum absolute atomic E-state index is 0.558. The molecule has 1 aliphatic rings. The summed E-state index contributed by atoms with van der Waals surface area (Å²) in [7, 11) is 1.66. The predicted octanol–water partition coefficient (Wildman–Crippen LogP) is 5.49. The van der Waals surface area contributed by atoms with Crippen LogP contribution in [-0.2, 0) is 11.3 Å². The van der Waals surface area contributed by atoms with Gasteiger partial charge < -0.3 is 15.2 Å². The number of aromatic nitrogens is 3. The van der Waals surface area contributed by atoms with Crippen molar-refractivity contribution in [1.82, 2.24) is 14.8 Å². The lowest BCUT2D eigenvalue weighted by Gasteiger charge is -2.16. The summed E-state index contributed by atoms with van der Waals surface area (Å²) in [5.41, 5.74) is 5.97. The van der Waals surface area contributed by atoms with Crippen LogP contribution in [0.25, 0.3) is 5.00 Å². The molecule has 37 heavy (non-hydrogen) atoms. The molecule has 0 saturated heterocycles. The number of thiophene rings is 1. The maximum atomic E-state index is 12.0. The molecule has 0 amide bonds. The SMILES string of the molecule is COc1ccc(CNc2ccc(C3=N[C@@H](C(C)C(=O)O)c4nnc(C)n4-c4sc(C)c(C)c43)cc2)cc1. The van der Waals surface area contributed by atoms with Crippen molar-refractivity contribution in [2.24, 2.45) is 10.9 Å². The first-order valence-electron chi connectivity index (χ1n) is 12.1. The minimum Gasteiger partial charge on any atom is -0.497 e. The predicted molar refractivity (Wildman–Crippen MR) is 145 cm³/mol. The topological polar surface area (TPSA) is 102 Å². The van der Waals surface area contributed by atoms with Crippen LogP contribution in [0.15, 0.2) is 53.5 Å². The molecule has 2 aromatic heterocycles. The van der Waals surface area contributed by atoms with E-state index in [-0.39, 0.29) is 0 Å². The van der Waals surface area contributed by atoms with Crippen molar-refractivity contribution in [3.8, 4) is 10.8 Å². The summed E-state index contributed by atoms with van der Waals surface area (Å²) in [6, 6.07) is 15.4. The number of fused-ring (bicyclic) bond motifs is 3. The second kappa shape index (κ2) is 9.82. The molecule has 0 bridgehead atoms. The highest BCUT2D eigenvalue weighted by Crippen LogP contribution is 2.40. The van der Waals surface area contributed by atoms with E-state index in [9.17, 15) is 9.90 Å². The Morgan fingerprint density at radius 1 is 1.11 bits per heavy atom. The first-order valence-corrected chi connectivity index (χ1v) is 12.9. The summed E-state index contributed by atoms with van der Waals surface area (Å²) >= 11 is 1.66. The zero-order valence-electron chi connectivity index (χ0n) is 21.4. The zero-order valence-corrected chi connectivity index (χ0v) is 22.3. The fourth-order valence-electron chi connectivity index (χ4n) is 4.51. The van der Waals surface area contributed by atoms with Gasteiger partial charge >= 0.3 is 5.97 Å². The number of carboxylic acids is 1. The molecule has 2 aromatic carbocycles. The number of hydrogen-bond donors (Lipinski definition) is 2. The van der Waals surface area contributed by atoms with Crippen LogP contribution in [0, 0.1) is 26.7 Å².